The highest BCUT2D eigenvalue weighted by Crippen LogP contribution is 2.53. The van der Waals surface area contributed by atoms with Gasteiger partial charge in [-0.25, -0.2) is 4.79 Å². The van der Waals surface area contributed by atoms with Crippen molar-refractivity contribution in [2.24, 2.45) is 5.92 Å². The number of aryl methyl sites for hydroxylation is 2. The molecule has 1 saturated heterocycles. The number of aliphatic carboxylic acids is 1. The molecule has 1 N–H and O–H groups in total. The van der Waals surface area contributed by atoms with Crippen molar-refractivity contribution in [2.75, 3.05) is 13.7 Å². The molecule has 7 nitrogen and oxygen atoms in total. The normalized spacial score (nSPS) is 23.9. The van der Waals surface area contributed by atoms with Gasteiger partial charge in [-0.1, -0.05) is 42.5 Å². The van der Waals surface area contributed by atoms with E-state index < -0.39 is 35.3 Å². The van der Waals surface area contributed by atoms with Crippen LogP contribution in [0.15, 0.2) is 64.4 Å². The Hall–Kier alpha value is -3.49. The summed E-state index contributed by atoms with van der Waals surface area (Å²) in [6.07, 6.45) is 3.57. The van der Waals surface area contributed by atoms with Crippen LogP contribution in [-0.4, -0.2) is 53.0 Å². The summed E-state index contributed by atoms with van der Waals surface area (Å²) < 4.78 is 10.8. The van der Waals surface area contributed by atoms with Crippen LogP contribution in [0, 0.1) is 19.8 Å². The third kappa shape index (κ3) is 4.42. The molecule has 1 aliphatic heterocycles. The molecule has 4 rings (SSSR count). The number of nitrogens with zero attached hydrogens (tertiary/aromatic N) is 1. The molecule has 8 heteroatoms. The molecule has 4 atom stereocenters. The van der Waals surface area contributed by atoms with E-state index in [0.29, 0.717) is 5.76 Å². The second-order valence-electron chi connectivity index (χ2n) is 9.16. The van der Waals surface area contributed by atoms with Gasteiger partial charge in [0.05, 0.1) is 12.0 Å². The number of ether oxygens (including phenoxy) is 1. The van der Waals surface area contributed by atoms with E-state index in [2.05, 4.69) is 0 Å². The number of hydrogen-bond donors (Lipinski definition) is 1. The van der Waals surface area contributed by atoms with Crippen LogP contribution >= 0.6 is 11.3 Å². The monoisotopic (exact) mass is 507 g/mol. The maximum atomic E-state index is 14.1. The molecule has 1 aliphatic rings. The van der Waals surface area contributed by atoms with Gasteiger partial charge >= 0.3 is 5.97 Å². The smallest absolute Gasteiger partial charge is 0.330 e. The Kier molecular flexibility index (Phi) is 7.28. The van der Waals surface area contributed by atoms with Crippen molar-refractivity contribution >= 4 is 35.1 Å². The van der Waals surface area contributed by atoms with E-state index in [1.165, 1.54) is 30.3 Å². The number of methoxy groups -OCH3 is 1. The molecule has 0 radical (unpaired) electrons. The Morgan fingerprint density at radius 3 is 2.42 bits per heavy atom. The SMILES string of the molecule is COCC(=O)N1C(C=Cc2ccccc2)C(C(=O)c2ccc(C)o2)C(c2sccc2C)C1(C)C(=O)O. The minimum atomic E-state index is -1.71. The maximum Gasteiger partial charge on any atom is 0.330 e. The molecule has 1 aromatic carbocycles. The number of carboxylic acids is 1. The van der Waals surface area contributed by atoms with Gasteiger partial charge in [-0.05, 0) is 55.5 Å². The van der Waals surface area contributed by atoms with Crippen molar-refractivity contribution in [3.63, 3.8) is 0 Å². The van der Waals surface area contributed by atoms with Gasteiger partial charge in [-0.2, -0.15) is 0 Å². The van der Waals surface area contributed by atoms with E-state index in [1.54, 1.807) is 25.1 Å². The zero-order valence-electron chi connectivity index (χ0n) is 20.6. The first-order chi connectivity index (χ1) is 17.2. The Morgan fingerprint density at radius 2 is 1.86 bits per heavy atom. The fourth-order valence-electron chi connectivity index (χ4n) is 5.16. The predicted molar refractivity (Wildman–Crippen MR) is 137 cm³/mol. The third-order valence-corrected chi connectivity index (χ3v) is 7.96. The summed E-state index contributed by atoms with van der Waals surface area (Å²) in [5.74, 6) is -3.02. The summed E-state index contributed by atoms with van der Waals surface area (Å²) in [6, 6.07) is 13.8. The van der Waals surface area contributed by atoms with Crippen molar-refractivity contribution in [1.29, 1.82) is 0 Å². The number of amides is 1. The van der Waals surface area contributed by atoms with Crippen LogP contribution in [0.1, 0.15) is 45.2 Å². The lowest BCUT2D eigenvalue weighted by atomic mass is 9.75. The lowest BCUT2D eigenvalue weighted by Gasteiger charge is -2.37. The summed E-state index contributed by atoms with van der Waals surface area (Å²) in [5, 5.41) is 12.5. The molecule has 2 aromatic heterocycles. The highest BCUT2D eigenvalue weighted by atomic mass is 32.1. The van der Waals surface area contributed by atoms with Gasteiger partial charge in [0, 0.05) is 17.9 Å². The molecular weight excluding hydrogens is 478 g/mol. The fourth-order valence-corrected chi connectivity index (χ4v) is 6.36. The van der Waals surface area contributed by atoms with E-state index in [0.717, 1.165) is 16.0 Å². The number of hydrogen-bond acceptors (Lipinski definition) is 6. The number of thiophene rings is 1. The van der Waals surface area contributed by atoms with E-state index in [1.807, 2.05) is 54.8 Å². The Balaban J connectivity index is 1.97. The quantitative estimate of drug-likeness (QED) is 0.433. The second kappa shape index (κ2) is 10.2. The van der Waals surface area contributed by atoms with Crippen molar-refractivity contribution < 1.29 is 28.6 Å². The minimum absolute atomic E-state index is 0.142. The number of likely N-dealkylation sites (tertiary alicyclic amines) is 1. The number of rotatable bonds is 8. The van der Waals surface area contributed by atoms with E-state index in [9.17, 15) is 19.5 Å². The number of furan rings is 1. The second-order valence-corrected chi connectivity index (χ2v) is 10.1. The van der Waals surface area contributed by atoms with E-state index in [4.69, 9.17) is 9.15 Å². The average Bonchev–Trinajstić information content (AvgIpc) is 3.54. The molecule has 1 fully saturated rings. The van der Waals surface area contributed by atoms with Crippen LogP contribution in [0.3, 0.4) is 0 Å². The van der Waals surface area contributed by atoms with Crippen molar-refractivity contribution in [3.8, 4) is 0 Å². The van der Waals surface area contributed by atoms with Crippen LogP contribution in [-0.2, 0) is 14.3 Å². The zero-order valence-corrected chi connectivity index (χ0v) is 21.5. The largest absolute Gasteiger partial charge is 0.479 e. The van der Waals surface area contributed by atoms with Gasteiger partial charge in [0.1, 0.15) is 17.9 Å². The van der Waals surface area contributed by atoms with Crippen molar-refractivity contribution in [2.45, 2.75) is 38.3 Å². The van der Waals surface area contributed by atoms with Crippen molar-refractivity contribution in [3.05, 3.63) is 87.5 Å². The Bertz CT molecular complexity index is 1290. The number of Topliss-reactive ketones (excluding diaryl/α,β-unsaturated/α-hetero) is 1. The lowest BCUT2D eigenvalue weighted by Crippen LogP contribution is -2.56. The molecule has 0 bridgehead atoms. The molecule has 36 heavy (non-hydrogen) atoms. The van der Waals surface area contributed by atoms with Crippen LogP contribution in [0.5, 0.6) is 0 Å². The predicted octanol–water partition coefficient (Wildman–Crippen LogP) is 4.95. The topological polar surface area (TPSA) is 97.0 Å². The first kappa shape index (κ1) is 25.6. The molecule has 0 spiro atoms. The van der Waals surface area contributed by atoms with Crippen LogP contribution in [0.25, 0.3) is 6.08 Å². The third-order valence-electron chi connectivity index (χ3n) is 6.86. The Labute approximate surface area is 214 Å². The molecule has 188 valence electrons. The van der Waals surface area contributed by atoms with Crippen molar-refractivity contribution in [1.82, 2.24) is 4.90 Å². The number of carbonyl (C=O) groups is 3. The summed E-state index contributed by atoms with van der Waals surface area (Å²) in [7, 11) is 1.38. The van der Waals surface area contributed by atoms with Gasteiger partial charge in [-0.15, -0.1) is 11.3 Å². The molecular formula is C28H29NO6S. The Morgan fingerprint density at radius 1 is 1.14 bits per heavy atom. The summed E-state index contributed by atoms with van der Waals surface area (Å²) in [4.78, 5) is 42.6. The molecule has 4 unspecified atom stereocenters. The first-order valence-electron chi connectivity index (χ1n) is 11.6. The standard InChI is InChI=1S/C28H29NO6S/c1-17-14-15-36-26(17)24-23(25(31)21-13-10-18(2)35-21)20(12-11-19-8-6-5-7-9-19)29(22(30)16-34-4)28(24,3)27(32)33/h5-15,20,23-24H,16H2,1-4H3,(H,32,33). The number of carboxylic acid groups (broad SMARTS) is 1. The van der Waals surface area contributed by atoms with Gasteiger partial charge in [-0.3, -0.25) is 9.59 Å². The lowest BCUT2D eigenvalue weighted by molar-refractivity contribution is -0.158. The van der Waals surface area contributed by atoms with Crippen LogP contribution in [0.2, 0.25) is 0 Å². The van der Waals surface area contributed by atoms with Gasteiger partial charge in [0.15, 0.2) is 5.76 Å². The molecule has 1 amide bonds. The average molecular weight is 508 g/mol. The van der Waals surface area contributed by atoms with Crippen LogP contribution < -0.4 is 0 Å². The summed E-state index contributed by atoms with van der Waals surface area (Å²) >= 11 is 1.39. The van der Waals surface area contributed by atoms with Crippen LogP contribution in [0.4, 0.5) is 0 Å². The number of benzene rings is 1. The van der Waals surface area contributed by atoms with E-state index in [-0.39, 0.29) is 18.2 Å². The number of ketones is 1. The summed E-state index contributed by atoms with van der Waals surface area (Å²) in [6.45, 7) is 4.85. The molecule has 3 aromatic rings. The minimum Gasteiger partial charge on any atom is -0.479 e. The van der Waals surface area contributed by atoms with Gasteiger partial charge in [0.2, 0.25) is 11.7 Å². The molecule has 3 heterocycles. The zero-order chi connectivity index (χ0) is 26.0. The highest BCUT2D eigenvalue weighted by molar-refractivity contribution is 7.10. The van der Waals surface area contributed by atoms with E-state index >= 15 is 0 Å². The fraction of sp³-hybridized carbons (Fsp3) is 0.321. The van der Waals surface area contributed by atoms with Gasteiger partial charge < -0.3 is 19.2 Å². The highest BCUT2D eigenvalue weighted by Gasteiger charge is 2.64. The maximum absolute atomic E-state index is 14.1. The first-order valence-corrected chi connectivity index (χ1v) is 12.5. The molecule has 0 aliphatic carbocycles. The summed E-state index contributed by atoms with van der Waals surface area (Å²) in [5.41, 5.74) is 0.0287. The molecule has 0 saturated carbocycles. The van der Waals surface area contributed by atoms with Gasteiger partial charge in [0.25, 0.3) is 0 Å². The number of carbonyl (C=O) groups excluding carboxylic acids is 2.